The number of carbonyl (C=O) groups excluding carboxylic acids is 1. The summed E-state index contributed by atoms with van der Waals surface area (Å²) >= 11 is 1.43. The highest BCUT2D eigenvalue weighted by atomic mass is 32.1. The van der Waals surface area contributed by atoms with Crippen LogP contribution >= 0.6 is 11.3 Å². The summed E-state index contributed by atoms with van der Waals surface area (Å²) in [6.45, 7) is 1.39. The Bertz CT molecular complexity index is 909. The van der Waals surface area contributed by atoms with Gasteiger partial charge < -0.3 is 19.5 Å². The van der Waals surface area contributed by atoms with Gasteiger partial charge in [0.2, 0.25) is 0 Å². The number of nitrogens with zero attached hydrogens (tertiary/aromatic N) is 1. The van der Waals surface area contributed by atoms with E-state index in [2.05, 4.69) is 10.3 Å². The molecule has 0 fully saturated rings. The highest BCUT2D eigenvalue weighted by Crippen LogP contribution is 2.26. The zero-order valence-electron chi connectivity index (χ0n) is 15.8. The van der Waals surface area contributed by atoms with Gasteiger partial charge in [-0.15, -0.1) is 11.3 Å². The Balaban J connectivity index is 1.59. The lowest BCUT2D eigenvalue weighted by molar-refractivity contribution is 0.0933. The van der Waals surface area contributed by atoms with Gasteiger partial charge in [0.15, 0.2) is 0 Å². The number of benzene rings is 2. The number of amides is 1. The van der Waals surface area contributed by atoms with Crippen molar-refractivity contribution >= 4 is 17.2 Å². The predicted octanol–water partition coefficient (Wildman–Crippen LogP) is 3.77. The summed E-state index contributed by atoms with van der Waals surface area (Å²) in [6.07, 6.45) is 0. The van der Waals surface area contributed by atoms with E-state index in [9.17, 15) is 4.79 Å². The van der Waals surface area contributed by atoms with Crippen molar-refractivity contribution in [2.24, 2.45) is 0 Å². The molecule has 0 aliphatic rings. The lowest BCUT2D eigenvalue weighted by Crippen LogP contribution is -2.27. The number of nitrogens with one attached hydrogen (secondary N) is 1. The van der Waals surface area contributed by atoms with Crippen molar-refractivity contribution in [1.29, 1.82) is 0 Å². The van der Waals surface area contributed by atoms with Crippen LogP contribution in [0.3, 0.4) is 0 Å². The van der Waals surface area contributed by atoms with E-state index in [1.807, 2.05) is 48.5 Å². The number of thiazole rings is 1. The molecule has 6 nitrogen and oxygen atoms in total. The maximum Gasteiger partial charge on any atom is 0.270 e. The van der Waals surface area contributed by atoms with E-state index in [0.717, 1.165) is 27.6 Å². The SMILES string of the molecule is COCCNC(=O)c1csc(-c2ccc(OCc3cccc(OC)c3)cc2)n1. The first kappa shape index (κ1) is 19.9. The van der Waals surface area contributed by atoms with Gasteiger partial charge in [-0.1, -0.05) is 12.1 Å². The van der Waals surface area contributed by atoms with E-state index in [1.165, 1.54) is 11.3 Å². The fraction of sp³-hybridized carbons (Fsp3) is 0.238. The minimum absolute atomic E-state index is 0.196. The molecular weight excluding hydrogens is 376 g/mol. The molecule has 3 aromatic rings. The van der Waals surface area contributed by atoms with E-state index in [4.69, 9.17) is 14.2 Å². The van der Waals surface area contributed by atoms with Gasteiger partial charge in [-0.2, -0.15) is 0 Å². The highest BCUT2D eigenvalue weighted by Gasteiger charge is 2.11. The fourth-order valence-electron chi connectivity index (χ4n) is 2.49. The molecule has 0 bridgehead atoms. The second kappa shape index (κ2) is 9.87. The number of ether oxygens (including phenoxy) is 3. The standard InChI is InChI=1S/C21H22N2O4S/c1-25-11-10-22-20(24)19-14-28-21(23-19)16-6-8-17(9-7-16)27-13-15-4-3-5-18(12-15)26-2/h3-9,12,14H,10-11,13H2,1-2H3,(H,22,24). The molecule has 28 heavy (non-hydrogen) atoms. The van der Waals surface area contributed by atoms with Crippen LogP contribution in [-0.4, -0.2) is 38.3 Å². The molecule has 0 spiro atoms. The summed E-state index contributed by atoms with van der Waals surface area (Å²) in [6, 6.07) is 15.4. The normalized spacial score (nSPS) is 10.5. The molecule has 3 rings (SSSR count). The van der Waals surface area contributed by atoms with Gasteiger partial charge >= 0.3 is 0 Å². The molecule has 1 aromatic heterocycles. The lowest BCUT2D eigenvalue weighted by atomic mass is 10.2. The minimum atomic E-state index is -0.196. The van der Waals surface area contributed by atoms with Crippen LogP contribution in [0.25, 0.3) is 10.6 Å². The van der Waals surface area contributed by atoms with E-state index in [0.29, 0.717) is 25.5 Å². The Hall–Kier alpha value is -2.90. The number of carbonyl (C=O) groups is 1. The van der Waals surface area contributed by atoms with Crippen molar-refractivity contribution in [2.75, 3.05) is 27.4 Å². The van der Waals surface area contributed by atoms with Crippen LogP contribution in [-0.2, 0) is 11.3 Å². The Labute approximate surface area is 168 Å². The zero-order chi connectivity index (χ0) is 19.8. The average Bonchev–Trinajstić information content (AvgIpc) is 3.23. The lowest BCUT2D eigenvalue weighted by Gasteiger charge is -2.08. The van der Waals surface area contributed by atoms with Crippen molar-refractivity contribution < 1.29 is 19.0 Å². The van der Waals surface area contributed by atoms with Crippen LogP contribution in [0.2, 0.25) is 0 Å². The van der Waals surface area contributed by atoms with E-state index >= 15 is 0 Å². The van der Waals surface area contributed by atoms with Crippen LogP contribution in [0.15, 0.2) is 53.9 Å². The van der Waals surface area contributed by atoms with Gasteiger partial charge in [0.25, 0.3) is 5.91 Å². The number of methoxy groups -OCH3 is 2. The maximum absolute atomic E-state index is 12.0. The molecule has 0 aliphatic heterocycles. The van der Waals surface area contributed by atoms with E-state index < -0.39 is 0 Å². The van der Waals surface area contributed by atoms with Crippen molar-refractivity contribution in [1.82, 2.24) is 10.3 Å². The van der Waals surface area contributed by atoms with Gasteiger partial charge in [-0.3, -0.25) is 4.79 Å². The first-order valence-corrected chi connectivity index (χ1v) is 9.66. The molecule has 0 radical (unpaired) electrons. The number of hydrogen-bond donors (Lipinski definition) is 1. The molecular formula is C21H22N2O4S. The summed E-state index contributed by atoms with van der Waals surface area (Å²) < 4.78 is 16.0. The van der Waals surface area contributed by atoms with Crippen LogP contribution in [0, 0.1) is 0 Å². The topological polar surface area (TPSA) is 69.7 Å². The maximum atomic E-state index is 12.0. The molecule has 0 aliphatic carbocycles. The fourth-order valence-corrected chi connectivity index (χ4v) is 3.30. The zero-order valence-corrected chi connectivity index (χ0v) is 16.6. The molecule has 1 amide bonds. The van der Waals surface area contributed by atoms with Crippen molar-refractivity contribution in [3.63, 3.8) is 0 Å². The van der Waals surface area contributed by atoms with Gasteiger partial charge in [0.1, 0.15) is 28.8 Å². The monoisotopic (exact) mass is 398 g/mol. The van der Waals surface area contributed by atoms with Gasteiger partial charge in [-0.25, -0.2) is 4.98 Å². The van der Waals surface area contributed by atoms with Crippen molar-refractivity contribution in [2.45, 2.75) is 6.61 Å². The summed E-state index contributed by atoms with van der Waals surface area (Å²) in [5.41, 5.74) is 2.39. The van der Waals surface area contributed by atoms with Crippen LogP contribution in [0.4, 0.5) is 0 Å². The van der Waals surface area contributed by atoms with Gasteiger partial charge in [-0.05, 0) is 42.0 Å². The molecule has 0 saturated carbocycles. The first-order valence-electron chi connectivity index (χ1n) is 8.78. The van der Waals surface area contributed by atoms with Gasteiger partial charge in [0, 0.05) is 24.6 Å². The summed E-state index contributed by atoms with van der Waals surface area (Å²) in [7, 11) is 3.24. The van der Waals surface area contributed by atoms with Crippen LogP contribution in [0.1, 0.15) is 16.1 Å². The van der Waals surface area contributed by atoms with Crippen molar-refractivity contribution in [3.8, 4) is 22.1 Å². The van der Waals surface area contributed by atoms with Gasteiger partial charge in [0.05, 0.1) is 13.7 Å². The third-order valence-corrected chi connectivity index (χ3v) is 4.86. The highest BCUT2D eigenvalue weighted by molar-refractivity contribution is 7.13. The van der Waals surface area contributed by atoms with Crippen LogP contribution < -0.4 is 14.8 Å². The molecule has 1 heterocycles. The quantitative estimate of drug-likeness (QED) is 0.556. The summed E-state index contributed by atoms with van der Waals surface area (Å²) in [5, 5.41) is 5.31. The first-order chi connectivity index (χ1) is 13.7. The largest absolute Gasteiger partial charge is 0.497 e. The molecule has 0 atom stereocenters. The number of hydrogen-bond acceptors (Lipinski definition) is 6. The smallest absolute Gasteiger partial charge is 0.270 e. The Morgan fingerprint density at radius 2 is 1.93 bits per heavy atom. The Kier molecular flexibility index (Phi) is 7.00. The minimum Gasteiger partial charge on any atom is -0.497 e. The molecule has 146 valence electrons. The average molecular weight is 398 g/mol. The second-order valence-electron chi connectivity index (χ2n) is 5.95. The summed E-state index contributed by atoms with van der Waals surface area (Å²) in [4.78, 5) is 16.4. The summed E-state index contributed by atoms with van der Waals surface area (Å²) in [5.74, 6) is 1.38. The Morgan fingerprint density at radius 1 is 1.11 bits per heavy atom. The predicted molar refractivity (Wildman–Crippen MR) is 109 cm³/mol. The molecule has 1 N–H and O–H groups in total. The molecule has 7 heteroatoms. The number of rotatable bonds is 9. The third kappa shape index (κ3) is 5.31. The number of aromatic nitrogens is 1. The third-order valence-electron chi connectivity index (χ3n) is 3.97. The van der Waals surface area contributed by atoms with E-state index in [-0.39, 0.29) is 5.91 Å². The van der Waals surface area contributed by atoms with Crippen LogP contribution in [0.5, 0.6) is 11.5 Å². The Morgan fingerprint density at radius 3 is 2.68 bits per heavy atom. The van der Waals surface area contributed by atoms with E-state index in [1.54, 1.807) is 19.6 Å². The molecule has 0 saturated heterocycles. The second-order valence-corrected chi connectivity index (χ2v) is 6.81. The van der Waals surface area contributed by atoms with Crippen molar-refractivity contribution in [3.05, 3.63) is 65.2 Å². The molecule has 2 aromatic carbocycles. The molecule has 0 unspecified atom stereocenters.